The van der Waals surface area contributed by atoms with Crippen molar-refractivity contribution < 1.29 is 4.74 Å². The normalized spacial score (nSPS) is 22.6. The van der Waals surface area contributed by atoms with Crippen molar-refractivity contribution >= 4 is 17.3 Å². The Labute approximate surface area is 143 Å². The third kappa shape index (κ3) is 4.25. The van der Waals surface area contributed by atoms with Gasteiger partial charge in [-0.2, -0.15) is 0 Å². The summed E-state index contributed by atoms with van der Waals surface area (Å²) in [5.41, 5.74) is 0.250. The zero-order valence-corrected chi connectivity index (χ0v) is 15.0. The molecule has 0 saturated carbocycles. The van der Waals surface area contributed by atoms with Crippen LogP contribution in [-0.2, 0) is 4.74 Å². The number of aliphatic imine (C=N–C) groups is 1. The molecule has 0 amide bonds. The highest BCUT2D eigenvalue weighted by Crippen LogP contribution is 2.28. The Morgan fingerprint density at radius 3 is 2.74 bits per heavy atom. The molecule has 1 aromatic heterocycles. The van der Waals surface area contributed by atoms with Gasteiger partial charge in [0, 0.05) is 30.4 Å². The second-order valence-electron chi connectivity index (χ2n) is 6.88. The minimum absolute atomic E-state index is 0.250. The highest BCUT2D eigenvalue weighted by Gasteiger charge is 2.33. The van der Waals surface area contributed by atoms with Gasteiger partial charge in [0.1, 0.15) is 0 Å². The topological polar surface area (TPSA) is 48.9 Å². The van der Waals surface area contributed by atoms with Crippen LogP contribution in [-0.4, -0.2) is 57.3 Å². The minimum Gasteiger partial charge on any atom is -0.380 e. The van der Waals surface area contributed by atoms with Gasteiger partial charge in [-0.05, 0) is 37.4 Å². The predicted molar refractivity (Wildman–Crippen MR) is 96.2 cm³/mol. The van der Waals surface area contributed by atoms with E-state index >= 15 is 0 Å². The number of nitrogens with one attached hydrogen (secondary N) is 2. The Morgan fingerprint density at radius 2 is 2.17 bits per heavy atom. The van der Waals surface area contributed by atoms with E-state index in [0.29, 0.717) is 6.04 Å². The Morgan fingerprint density at radius 1 is 1.39 bits per heavy atom. The van der Waals surface area contributed by atoms with Crippen molar-refractivity contribution in [2.45, 2.75) is 25.8 Å². The van der Waals surface area contributed by atoms with Crippen LogP contribution < -0.4 is 10.6 Å². The zero-order chi connectivity index (χ0) is 16.1. The number of thiophene rings is 1. The molecule has 2 aliphatic heterocycles. The number of likely N-dealkylation sites (tertiary alicyclic amines) is 1. The molecule has 2 N–H and O–H groups in total. The van der Waals surface area contributed by atoms with Crippen LogP contribution in [0.3, 0.4) is 0 Å². The second kappa shape index (κ2) is 7.64. The average molecular weight is 337 g/mol. The second-order valence-corrected chi connectivity index (χ2v) is 7.86. The Kier molecular flexibility index (Phi) is 5.56. The van der Waals surface area contributed by atoms with Crippen molar-refractivity contribution in [3.8, 4) is 0 Å². The first-order valence-electron chi connectivity index (χ1n) is 8.50. The minimum atomic E-state index is 0.250. The summed E-state index contributed by atoms with van der Waals surface area (Å²) in [7, 11) is 1.84. The van der Waals surface area contributed by atoms with Gasteiger partial charge >= 0.3 is 0 Å². The summed E-state index contributed by atoms with van der Waals surface area (Å²) in [6.45, 7) is 8.12. The first-order chi connectivity index (χ1) is 11.2. The predicted octanol–water partition coefficient (Wildman–Crippen LogP) is 2.09. The van der Waals surface area contributed by atoms with E-state index in [4.69, 9.17) is 4.74 Å². The van der Waals surface area contributed by atoms with Crippen molar-refractivity contribution in [2.24, 2.45) is 10.4 Å². The molecule has 1 atom stereocenters. The van der Waals surface area contributed by atoms with E-state index in [-0.39, 0.29) is 5.41 Å². The van der Waals surface area contributed by atoms with Crippen molar-refractivity contribution in [3.63, 3.8) is 0 Å². The van der Waals surface area contributed by atoms with E-state index in [0.717, 1.165) is 32.3 Å². The summed E-state index contributed by atoms with van der Waals surface area (Å²) in [5, 5.41) is 9.13. The fourth-order valence-electron chi connectivity index (χ4n) is 3.21. The van der Waals surface area contributed by atoms with Crippen molar-refractivity contribution in [3.05, 3.63) is 22.4 Å². The lowest BCUT2D eigenvalue weighted by molar-refractivity contribution is -0.0971. The van der Waals surface area contributed by atoms with Crippen molar-refractivity contribution in [1.82, 2.24) is 15.5 Å². The maximum atomic E-state index is 5.31. The molecule has 5 nitrogen and oxygen atoms in total. The number of hydrogen-bond acceptors (Lipinski definition) is 4. The molecular weight excluding hydrogens is 308 g/mol. The van der Waals surface area contributed by atoms with Crippen LogP contribution in [0.25, 0.3) is 0 Å². The molecule has 1 aromatic rings. The fourth-order valence-corrected chi connectivity index (χ4v) is 4.07. The molecule has 3 rings (SSSR count). The standard InChI is InChI=1S/C17H28N4OS/c1-17(12-22-13-17)11-20-16(18-2)19-10-14(15-6-5-9-23-15)21-7-3-4-8-21/h5-6,9,14H,3-4,7-8,10-13H2,1-2H3,(H2,18,19,20). The summed E-state index contributed by atoms with van der Waals surface area (Å²) >= 11 is 1.85. The van der Waals surface area contributed by atoms with Gasteiger partial charge in [0.05, 0.1) is 19.3 Å². The third-order valence-electron chi connectivity index (χ3n) is 4.72. The number of guanidine groups is 1. The van der Waals surface area contributed by atoms with E-state index < -0.39 is 0 Å². The van der Waals surface area contributed by atoms with Gasteiger partial charge < -0.3 is 15.4 Å². The van der Waals surface area contributed by atoms with Gasteiger partial charge in [-0.25, -0.2) is 0 Å². The lowest BCUT2D eigenvalue weighted by Crippen LogP contribution is -2.51. The summed E-state index contributed by atoms with van der Waals surface area (Å²) in [6.07, 6.45) is 2.63. The first-order valence-corrected chi connectivity index (χ1v) is 9.38. The number of rotatable bonds is 6. The third-order valence-corrected chi connectivity index (χ3v) is 5.70. The lowest BCUT2D eigenvalue weighted by atomic mass is 9.89. The van der Waals surface area contributed by atoms with Crippen LogP contribution >= 0.6 is 11.3 Å². The van der Waals surface area contributed by atoms with Gasteiger partial charge in [0.2, 0.25) is 0 Å². The van der Waals surface area contributed by atoms with Gasteiger partial charge in [-0.15, -0.1) is 11.3 Å². The number of ether oxygens (including phenoxy) is 1. The SMILES string of the molecule is CN=C(NCC(c1cccs1)N1CCCC1)NCC1(C)COC1. The maximum Gasteiger partial charge on any atom is 0.191 e. The molecule has 2 fully saturated rings. The molecule has 1 unspecified atom stereocenters. The molecule has 128 valence electrons. The van der Waals surface area contributed by atoms with Gasteiger partial charge in [0.15, 0.2) is 5.96 Å². The molecule has 0 bridgehead atoms. The molecule has 2 aliphatic rings. The summed E-state index contributed by atoms with van der Waals surface area (Å²) in [4.78, 5) is 8.40. The highest BCUT2D eigenvalue weighted by atomic mass is 32.1. The number of hydrogen-bond donors (Lipinski definition) is 2. The van der Waals surface area contributed by atoms with Crippen LogP contribution in [0, 0.1) is 5.41 Å². The molecule has 3 heterocycles. The van der Waals surface area contributed by atoms with Crippen LogP contribution in [0.4, 0.5) is 0 Å². The zero-order valence-electron chi connectivity index (χ0n) is 14.2. The van der Waals surface area contributed by atoms with Crippen LogP contribution in [0.2, 0.25) is 0 Å². The van der Waals surface area contributed by atoms with Crippen LogP contribution in [0.5, 0.6) is 0 Å². The molecule has 0 spiro atoms. The monoisotopic (exact) mass is 336 g/mol. The van der Waals surface area contributed by atoms with Gasteiger partial charge in [0.25, 0.3) is 0 Å². The molecule has 23 heavy (non-hydrogen) atoms. The molecule has 0 aliphatic carbocycles. The maximum absolute atomic E-state index is 5.31. The van der Waals surface area contributed by atoms with Gasteiger partial charge in [-0.3, -0.25) is 9.89 Å². The fraction of sp³-hybridized carbons (Fsp3) is 0.706. The molecule has 6 heteroatoms. The van der Waals surface area contributed by atoms with Crippen molar-refractivity contribution in [2.75, 3.05) is 46.4 Å². The molecule has 0 radical (unpaired) electrons. The van der Waals surface area contributed by atoms with E-state index in [2.05, 4.69) is 45.0 Å². The lowest BCUT2D eigenvalue weighted by Gasteiger charge is -2.38. The van der Waals surface area contributed by atoms with E-state index in [1.54, 1.807) is 0 Å². The molecule has 0 aromatic carbocycles. The first kappa shape index (κ1) is 16.7. The van der Waals surface area contributed by atoms with Gasteiger partial charge in [-0.1, -0.05) is 13.0 Å². The largest absolute Gasteiger partial charge is 0.380 e. The Bertz CT molecular complexity index is 507. The average Bonchev–Trinajstić information content (AvgIpc) is 3.22. The summed E-state index contributed by atoms with van der Waals surface area (Å²) in [5.74, 6) is 0.888. The Balaban J connectivity index is 1.54. The quantitative estimate of drug-likeness (QED) is 0.617. The summed E-state index contributed by atoms with van der Waals surface area (Å²) in [6, 6.07) is 4.84. The van der Waals surface area contributed by atoms with E-state index in [1.807, 2.05) is 18.4 Å². The van der Waals surface area contributed by atoms with Crippen molar-refractivity contribution in [1.29, 1.82) is 0 Å². The van der Waals surface area contributed by atoms with Crippen LogP contribution in [0.1, 0.15) is 30.7 Å². The Hall–Kier alpha value is -1.11. The van der Waals surface area contributed by atoms with Crippen LogP contribution in [0.15, 0.2) is 22.5 Å². The van der Waals surface area contributed by atoms with E-state index in [1.165, 1.54) is 30.8 Å². The molecule has 2 saturated heterocycles. The highest BCUT2D eigenvalue weighted by molar-refractivity contribution is 7.10. The smallest absolute Gasteiger partial charge is 0.191 e. The molecular formula is C17H28N4OS. The van der Waals surface area contributed by atoms with E-state index in [9.17, 15) is 0 Å². The summed E-state index contributed by atoms with van der Waals surface area (Å²) < 4.78 is 5.31. The number of nitrogens with zero attached hydrogens (tertiary/aromatic N) is 2.